The van der Waals surface area contributed by atoms with Crippen molar-refractivity contribution >= 4 is 17.5 Å². The van der Waals surface area contributed by atoms with Crippen LogP contribution in [0.25, 0.3) is 0 Å². The van der Waals surface area contributed by atoms with Crippen molar-refractivity contribution in [1.82, 2.24) is 9.47 Å². The van der Waals surface area contributed by atoms with Crippen LogP contribution >= 0.6 is 0 Å². The quantitative estimate of drug-likeness (QED) is 0.900. The van der Waals surface area contributed by atoms with Crippen LogP contribution in [0.3, 0.4) is 0 Å². The van der Waals surface area contributed by atoms with E-state index in [4.69, 9.17) is 0 Å². The van der Waals surface area contributed by atoms with Gasteiger partial charge in [0.15, 0.2) is 0 Å². The highest BCUT2D eigenvalue weighted by atomic mass is 16.2. The molecule has 2 aromatic rings. The van der Waals surface area contributed by atoms with Gasteiger partial charge in [-0.3, -0.25) is 14.4 Å². The zero-order valence-corrected chi connectivity index (χ0v) is 14.6. The molecule has 1 aromatic carbocycles. The molecule has 6 nitrogen and oxygen atoms in total. The average molecular weight is 351 g/mol. The monoisotopic (exact) mass is 351 g/mol. The summed E-state index contributed by atoms with van der Waals surface area (Å²) in [5.74, 6) is 0.192. The molecule has 6 heteroatoms. The molecule has 2 atom stereocenters. The molecule has 2 amide bonds. The number of hydrogen-bond acceptors (Lipinski definition) is 3. The number of likely N-dealkylation sites (tertiary alicyclic amines) is 1. The molecule has 134 valence electrons. The van der Waals surface area contributed by atoms with Crippen molar-refractivity contribution in [2.24, 2.45) is 5.92 Å². The number of anilines is 1. The van der Waals surface area contributed by atoms with E-state index in [1.54, 1.807) is 10.6 Å². The van der Waals surface area contributed by atoms with Crippen LogP contribution in [-0.4, -0.2) is 34.4 Å². The number of fused-ring (bicyclic) bond motifs is 4. The lowest BCUT2D eigenvalue weighted by Crippen LogP contribution is -2.49. The van der Waals surface area contributed by atoms with E-state index in [-0.39, 0.29) is 29.2 Å². The predicted molar refractivity (Wildman–Crippen MR) is 98.2 cm³/mol. The lowest BCUT2D eigenvalue weighted by atomic mass is 9.83. The average Bonchev–Trinajstić information content (AvgIpc) is 2.64. The van der Waals surface area contributed by atoms with Crippen LogP contribution < -0.4 is 10.9 Å². The van der Waals surface area contributed by atoms with Gasteiger partial charge in [0.2, 0.25) is 5.91 Å². The molecule has 0 aliphatic carbocycles. The summed E-state index contributed by atoms with van der Waals surface area (Å²) in [5.41, 5.74) is 1.81. The molecule has 3 heterocycles. The van der Waals surface area contributed by atoms with E-state index in [1.165, 1.54) is 6.92 Å². The molecule has 2 aliphatic rings. The fourth-order valence-corrected chi connectivity index (χ4v) is 4.16. The second-order valence-electron chi connectivity index (χ2n) is 7.14. The Bertz CT molecular complexity index is 920. The molecule has 0 saturated carbocycles. The van der Waals surface area contributed by atoms with Crippen molar-refractivity contribution in [2.75, 3.05) is 18.4 Å². The molecular formula is C20H21N3O3. The Morgan fingerprint density at radius 2 is 1.81 bits per heavy atom. The van der Waals surface area contributed by atoms with E-state index < -0.39 is 0 Å². The Labute approximate surface area is 151 Å². The van der Waals surface area contributed by atoms with Crippen LogP contribution in [-0.2, 0) is 11.3 Å². The van der Waals surface area contributed by atoms with E-state index >= 15 is 0 Å². The zero-order valence-electron chi connectivity index (χ0n) is 14.6. The third-order valence-electron chi connectivity index (χ3n) is 5.22. The minimum atomic E-state index is -0.252. The Morgan fingerprint density at radius 3 is 2.54 bits per heavy atom. The third kappa shape index (κ3) is 2.92. The highest BCUT2D eigenvalue weighted by Gasteiger charge is 2.36. The van der Waals surface area contributed by atoms with Gasteiger partial charge in [-0.05, 0) is 36.6 Å². The second-order valence-corrected chi connectivity index (χ2v) is 7.14. The number of nitrogens with zero attached hydrogens (tertiary/aromatic N) is 2. The summed E-state index contributed by atoms with van der Waals surface area (Å²) in [6.45, 7) is 3.24. The van der Waals surface area contributed by atoms with E-state index in [0.29, 0.717) is 30.9 Å². The lowest BCUT2D eigenvalue weighted by Gasteiger charge is -2.43. The van der Waals surface area contributed by atoms with Gasteiger partial charge in [0, 0.05) is 43.7 Å². The Balaban J connectivity index is 1.62. The van der Waals surface area contributed by atoms with Crippen molar-refractivity contribution in [1.29, 1.82) is 0 Å². The van der Waals surface area contributed by atoms with Gasteiger partial charge in [0.05, 0.1) is 0 Å². The van der Waals surface area contributed by atoms with Gasteiger partial charge in [0.25, 0.3) is 11.5 Å². The maximum Gasteiger partial charge on any atom is 0.274 e. The fraction of sp³-hybridized carbons (Fsp3) is 0.350. The summed E-state index contributed by atoms with van der Waals surface area (Å²) in [6.07, 6.45) is 0.984. The number of amides is 2. The standard InChI is InChI=1S/C20H21N3O3/c1-13(24)21-17-7-8-18-16-9-14(11-23(18)20(17)26)10-22(12-16)19(25)15-5-3-2-4-6-15/h2-8,14,16H,9-12H2,1H3,(H,21,24)/t14-,16+/m0/s1. The summed E-state index contributed by atoms with van der Waals surface area (Å²) >= 11 is 0. The number of pyridine rings is 1. The molecule has 26 heavy (non-hydrogen) atoms. The molecular weight excluding hydrogens is 330 g/mol. The molecule has 2 bridgehead atoms. The summed E-state index contributed by atoms with van der Waals surface area (Å²) in [4.78, 5) is 38.7. The number of carbonyl (C=O) groups is 2. The Kier molecular flexibility index (Phi) is 4.11. The van der Waals surface area contributed by atoms with E-state index in [9.17, 15) is 14.4 Å². The molecule has 4 rings (SSSR count). The number of hydrogen-bond donors (Lipinski definition) is 1. The Morgan fingerprint density at radius 1 is 1.04 bits per heavy atom. The first-order chi connectivity index (χ1) is 12.5. The first-order valence-electron chi connectivity index (χ1n) is 8.88. The highest BCUT2D eigenvalue weighted by molar-refractivity contribution is 5.94. The van der Waals surface area contributed by atoms with E-state index in [1.807, 2.05) is 41.3 Å². The number of benzene rings is 1. The van der Waals surface area contributed by atoms with Gasteiger partial charge in [0.1, 0.15) is 5.69 Å². The van der Waals surface area contributed by atoms with Gasteiger partial charge in [-0.15, -0.1) is 0 Å². The minimum Gasteiger partial charge on any atom is -0.338 e. The van der Waals surface area contributed by atoms with Gasteiger partial charge >= 0.3 is 0 Å². The summed E-state index contributed by atoms with van der Waals surface area (Å²) < 4.78 is 1.77. The lowest BCUT2D eigenvalue weighted by molar-refractivity contribution is -0.114. The smallest absolute Gasteiger partial charge is 0.274 e. The van der Waals surface area contributed by atoms with Gasteiger partial charge in [-0.25, -0.2) is 0 Å². The van der Waals surface area contributed by atoms with E-state index in [2.05, 4.69) is 5.32 Å². The number of aromatic nitrogens is 1. The molecule has 0 spiro atoms. The van der Waals surface area contributed by atoms with Crippen molar-refractivity contribution < 1.29 is 9.59 Å². The van der Waals surface area contributed by atoms with Crippen LogP contribution in [0.4, 0.5) is 5.69 Å². The summed E-state index contributed by atoms with van der Waals surface area (Å²) in [7, 11) is 0. The SMILES string of the molecule is CC(=O)Nc1ccc2n(c1=O)C[C@H]1C[C@@H]2CN(C(=O)c2ccccc2)C1. The van der Waals surface area contributed by atoms with Gasteiger partial charge in [-0.2, -0.15) is 0 Å². The summed E-state index contributed by atoms with van der Waals surface area (Å²) in [5, 5.41) is 2.60. The van der Waals surface area contributed by atoms with Crippen molar-refractivity contribution in [3.05, 3.63) is 64.1 Å². The molecule has 1 saturated heterocycles. The summed E-state index contributed by atoms with van der Waals surface area (Å²) in [6, 6.07) is 12.9. The van der Waals surface area contributed by atoms with Crippen molar-refractivity contribution in [2.45, 2.75) is 25.8 Å². The minimum absolute atomic E-state index is 0.0472. The second kappa shape index (κ2) is 6.44. The van der Waals surface area contributed by atoms with Gasteiger partial charge in [-0.1, -0.05) is 18.2 Å². The van der Waals surface area contributed by atoms with Crippen molar-refractivity contribution in [3.8, 4) is 0 Å². The van der Waals surface area contributed by atoms with Crippen LogP contribution in [0.2, 0.25) is 0 Å². The zero-order chi connectivity index (χ0) is 18.3. The maximum atomic E-state index is 12.8. The maximum absolute atomic E-state index is 12.8. The normalized spacial score (nSPS) is 21.0. The molecule has 0 unspecified atom stereocenters. The highest BCUT2D eigenvalue weighted by Crippen LogP contribution is 2.35. The number of rotatable bonds is 2. The van der Waals surface area contributed by atoms with Crippen molar-refractivity contribution in [3.63, 3.8) is 0 Å². The van der Waals surface area contributed by atoms with Crippen LogP contribution in [0.15, 0.2) is 47.3 Å². The molecule has 1 fully saturated rings. The number of piperidine rings is 1. The first-order valence-corrected chi connectivity index (χ1v) is 8.88. The molecule has 1 N–H and O–H groups in total. The number of carbonyl (C=O) groups excluding carboxylic acids is 2. The largest absolute Gasteiger partial charge is 0.338 e. The molecule has 2 aliphatic heterocycles. The number of nitrogens with one attached hydrogen (secondary N) is 1. The predicted octanol–water partition coefficient (Wildman–Crippen LogP) is 2.07. The fourth-order valence-electron chi connectivity index (χ4n) is 4.16. The molecule has 0 radical (unpaired) electrons. The van der Waals surface area contributed by atoms with Crippen LogP contribution in [0.5, 0.6) is 0 Å². The topological polar surface area (TPSA) is 71.4 Å². The Hall–Kier alpha value is -2.89. The third-order valence-corrected chi connectivity index (χ3v) is 5.22. The van der Waals surface area contributed by atoms with Crippen LogP contribution in [0.1, 0.15) is 35.3 Å². The molecule has 1 aromatic heterocycles. The van der Waals surface area contributed by atoms with Gasteiger partial charge < -0.3 is 14.8 Å². The van der Waals surface area contributed by atoms with E-state index in [0.717, 1.165) is 12.1 Å². The van der Waals surface area contributed by atoms with Crippen LogP contribution in [0, 0.1) is 5.92 Å². The first kappa shape index (κ1) is 16.6.